The van der Waals surface area contributed by atoms with Crippen LogP contribution in [-0.2, 0) is 20.1 Å². The fourth-order valence-electron chi connectivity index (χ4n) is 2.02. The van der Waals surface area contributed by atoms with Gasteiger partial charge in [-0.1, -0.05) is 23.2 Å². The zero-order valence-electron chi connectivity index (χ0n) is 13.7. The van der Waals surface area contributed by atoms with Gasteiger partial charge in [0.15, 0.2) is 5.96 Å². The molecule has 0 aliphatic rings. The summed E-state index contributed by atoms with van der Waals surface area (Å²) in [5.41, 5.74) is 2.04. The average Bonchev–Trinajstić information content (AvgIpc) is 2.96. The summed E-state index contributed by atoms with van der Waals surface area (Å²) in [7, 11) is 1.88. The molecule has 5 nitrogen and oxygen atoms in total. The molecule has 0 spiro atoms. The van der Waals surface area contributed by atoms with Gasteiger partial charge in [0.05, 0.1) is 23.8 Å². The Morgan fingerprint density at radius 3 is 2.61 bits per heavy atom. The summed E-state index contributed by atoms with van der Waals surface area (Å²) in [6.07, 6.45) is 0. The molecule has 0 saturated heterocycles. The Bertz CT molecular complexity index is 686. The SMILES string of the molecule is CCNC(=NCc1cc(Cl)c(Cl)n1C)NCc1nc(C)c(C)s1. The lowest BCUT2D eigenvalue weighted by molar-refractivity contribution is 0.784. The highest BCUT2D eigenvalue weighted by Crippen LogP contribution is 2.25. The zero-order chi connectivity index (χ0) is 17.0. The van der Waals surface area contributed by atoms with E-state index in [1.54, 1.807) is 11.3 Å². The quantitative estimate of drug-likeness (QED) is 0.620. The summed E-state index contributed by atoms with van der Waals surface area (Å²) in [6, 6.07) is 1.84. The van der Waals surface area contributed by atoms with Gasteiger partial charge in [-0.05, 0) is 26.8 Å². The molecule has 2 N–H and O–H groups in total. The molecule has 126 valence electrons. The van der Waals surface area contributed by atoms with E-state index in [2.05, 4.69) is 27.5 Å². The highest BCUT2D eigenvalue weighted by atomic mass is 35.5. The lowest BCUT2D eigenvalue weighted by Gasteiger charge is -2.10. The molecule has 2 aromatic rings. The minimum absolute atomic E-state index is 0.494. The van der Waals surface area contributed by atoms with Crippen molar-refractivity contribution in [2.75, 3.05) is 6.54 Å². The van der Waals surface area contributed by atoms with Crippen molar-refractivity contribution in [1.82, 2.24) is 20.2 Å². The van der Waals surface area contributed by atoms with E-state index < -0.39 is 0 Å². The van der Waals surface area contributed by atoms with Crippen molar-refractivity contribution >= 4 is 40.5 Å². The molecule has 2 aromatic heterocycles. The zero-order valence-corrected chi connectivity index (χ0v) is 16.0. The highest BCUT2D eigenvalue weighted by molar-refractivity contribution is 7.11. The molecule has 0 saturated carbocycles. The largest absolute Gasteiger partial charge is 0.357 e. The van der Waals surface area contributed by atoms with E-state index in [9.17, 15) is 0 Å². The first-order valence-electron chi connectivity index (χ1n) is 7.37. The van der Waals surface area contributed by atoms with Crippen LogP contribution in [0.3, 0.4) is 0 Å². The number of thiazole rings is 1. The first kappa shape index (κ1) is 18.1. The standard InChI is InChI=1S/C15H21Cl2N5S/c1-5-18-15(20-8-13-21-9(2)10(3)23-13)19-7-11-6-12(16)14(17)22(11)4/h6H,5,7-8H2,1-4H3,(H2,18,19,20). The molecular formula is C15H21Cl2N5S. The summed E-state index contributed by atoms with van der Waals surface area (Å²) in [5, 5.41) is 8.66. The predicted octanol–water partition coefficient (Wildman–Crippen LogP) is 3.66. The van der Waals surface area contributed by atoms with E-state index >= 15 is 0 Å². The van der Waals surface area contributed by atoms with E-state index in [1.807, 2.05) is 31.5 Å². The Kier molecular flexibility index (Phi) is 6.33. The number of nitrogens with one attached hydrogen (secondary N) is 2. The monoisotopic (exact) mass is 373 g/mol. The number of nitrogens with zero attached hydrogens (tertiary/aromatic N) is 3. The van der Waals surface area contributed by atoms with Crippen LogP contribution in [0.5, 0.6) is 0 Å². The van der Waals surface area contributed by atoms with Crippen LogP contribution in [-0.4, -0.2) is 22.1 Å². The summed E-state index contributed by atoms with van der Waals surface area (Å²) in [5.74, 6) is 0.742. The highest BCUT2D eigenvalue weighted by Gasteiger charge is 2.09. The summed E-state index contributed by atoms with van der Waals surface area (Å²) >= 11 is 13.8. The Morgan fingerprint density at radius 1 is 1.35 bits per heavy atom. The van der Waals surface area contributed by atoms with Gasteiger partial charge in [0.2, 0.25) is 0 Å². The number of aromatic nitrogens is 2. The first-order chi connectivity index (χ1) is 10.9. The third-order valence-corrected chi connectivity index (χ3v) is 5.35. The maximum Gasteiger partial charge on any atom is 0.191 e. The Labute approximate surface area is 150 Å². The lowest BCUT2D eigenvalue weighted by atomic mass is 10.4. The minimum Gasteiger partial charge on any atom is -0.357 e. The normalized spacial score (nSPS) is 11.8. The number of guanidine groups is 1. The molecule has 0 amide bonds. The van der Waals surface area contributed by atoms with E-state index in [4.69, 9.17) is 23.2 Å². The van der Waals surface area contributed by atoms with Crippen LogP contribution in [0.4, 0.5) is 0 Å². The average molecular weight is 374 g/mol. The molecule has 0 unspecified atom stereocenters. The summed E-state index contributed by atoms with van der Waals surface area (Å²) < 4.78 is 1.84. The van der Waals surface area contributed by atoms with Gasteiger partial charge in [-0.2, -0.15) is 0 Å². The minimum atomic E-state index is 0.494. The molecule has 0 bridgehead atoms. The second-order valence-electron chi connectivity index (χ2n) is 5.13. The predicted molar refractivity (Wildman–Crippen MR) is 98.7 cm³/mol. The smallest absolute Gasteiger partial charge is 0.191 e. The molecule has 2 rings (SSSR count). The van der Waals surface area contributed by atoms with E-state index in [1.165, 1.54) is 4.88 Å². The topological polar surface area (TPSA) is 54.2 Å². The van der Waals surface area contributed by atoms with E-state index in [0.29, 0.717) is 23.3 Å². The molecule has 0 aliphatic heterocycles. The van der Waals surface area contributed by atoms with Crippen molar-refractivity contribution in [1.29, 1.82) is 0 Å². The number of rotatable bonds is 5. The summed E-state index contributed by atoms with van der Waals surface area (Å²) in [4.78, 5) is 10.3. The van der Waals surface area contributed by atoms with E-state index in [-0.39, 0.29) is 0 Å². The number of aryl methyl sites for hydroxylation is 2. The van der Waals surface area contributed by atoms with Crippen molar-refractivity contribution in [3.8, 4) is 0 Å². The van der Waals surface area contributed by atoms with Crippen molar-refractivity contribution in [2.24, 2.45) is 12.0 Å². The van der Waals surface area contributed by atoms with Crippen molar-refractivity contribution in [2.45, 2.75) is 33.9 Å². The molecular weight excluding hydrogens is 353 g/mol. The van der Waals surface area contributed by atoms with Gasteiger partial charge in [-0.25, -0.2) is 9.98 Å². The first-order valence-corrected chi connectivity index (χ1v) is 8.94. The molecule has 0 atom stereocenters. The third-order valence-electron chi connectivity index (χ3n) is 3.44. The molecule has 2 heterocycles. The van der Waals surface area contributed by atoms with Crippen LogP contribution in [0.2, 0.25) is 10.2 Å². The number of hydrogen-bond acceptors (Lipinski definition) is 3. The van der Waals surface area contributed by atoms with Gasteiger partial charge >= 0.3 is 0 Å². The van der Waals surface area contributed by atoms with Crippen molar-refractivity contribution in [3.05, 3.63) is 37.5 Å². The maximum atomic E-state index is 6.08. The molecule has 23 heavy (non-hydrogen) atoms. The van der Waals surface area contributed by atoms with Gasteiger partial charge in [0.1, 0.15) is 10.2 Å². The van der Waals surface area contributed by atoms with Gasteiger partial charge < -0.3 is 15.2 Å². The number of aliphatic imine (C=N–C) groups is 1. The fraction of sp³-hybridized carbons (Fsp3) is 0.467. The van der Waals surface area contributed by atoms with Crippen LogP contribution in [0.1, 0.15) is 28.2 Å². The van der Waals surface area contributed by atoms with Crippen LogP contribution in [0, 0.1) is 13.8 Å². The number of halogens is 2. The fourth-order valence-corrected chi connectivity index (χ4v) is 3.31. The molecule has 0 aromatic carbocycles. The molecule has 8 heteroatoms. The van der Waals surface area contributed by atoms with Crippen LogP contribution >= 0.6 is 34.5 Å². The Hall–Kier alpha value is -1.24. The Balaban J connectivity index is 2.03. The Morgan fingerprint density at radius 2 is 2.09 bits per heavy atom. The summed E-state index contributed by atoms with van der Waals surface area (Å²) in [6.45, 7) is 8.08. The third kappa shape index (κ3) is 4.62. The lowest BCUT2D eigenvalue weighted by Crippen LogP contribution is -2.36. The van der Waals surface area contributed by atoms with Crippen LogP contribution < -0.4 is 10.6 Å². The van der Waals surface area contributed by atoms with Gasteiger partial charge in [0.25, 0.3) is 0 Å². The van der Waals surface area contributed by atoms with Crippen LogP contribution in [0.25, 0.3) is 0 Å². The second kappa shape index (κ2) is 8.04. The van der Waals surface area contributed by atoms with Crippen LogP contribution in [0.15, 0.2) is 11.1 Å². The second-order valence-corrected chi connectivity index (χ2v) is 7.18. The van der Waals surface area contributed by atoms with Crippen molar-refractivity contribution in [3.63, 3.8) is 0 Å². The number of hydrogen-bond donors (Lipinski definition) is 2. The van der Waals surface area contributed by atoms with Gasteiger partial charge in [-0.15, -0.1) is 11.3 Å². The maximum absolute atomic E-state index is 6.08. The van der Waals surface area contributed by atoms with Gasteiger partial charge in [-0.3, -0.25) is 0 Å². The molecule has 0 aliphatic carbocycles. The van der Waals surface area contributed by atoms with E-state index in [0.717, 1.165) is 28.9 Å². The molecule has 0 radical (unpaired) electrons. The molecule has 0 fully saturated rings. The van der Waals surface area contributed by atoms with Gasteiger partial charge in [0, 0.05) is 24.2 Å². The van der Waals surface area contributed by atoms with Crippen molar-refractivity contribution < 1.29 is 0 Å².